The molecule has 0 saturated heterocycles. The zero-order chi connectivity index (χ0) is 20.7. The summed E-state index contributed by atoms with van der Waals surface area (Å²) >= 11 is 0. The van der Waals surface area contributed by atoms with E-state index in [1.807, 2.05) is 38.1 Å². The standard InChI is InChI=1S/C21H28N2O4S/c1-5-6-21(24)22-15-20(16-7-9-17(10-8-16)23(2)3)28(25,26)19-13-11-18(27-4)12-14-19/h7-14,20H,5-6,15H2,1-4H3,(H,22,24)/t20-/m1/s1. The summed E-state index contributed by atoms with van der Waals surface area (Å²) in [5, 5.41) is 1.89. The van der Waals surface area contributed by atoms with E-state index in [4.69, 9.17) is 4.74 Å². The van der Waals surface area contributed by atoms with Gasteiger partial charge in [-0.1, -0.05) is 19.1 Å². The number of hydrogen-bond acceptors (Lipinski definition) is 5. The third-order valence-corrected chi connectivity index (χ3v) is 6.62. The number of anilines is 1. The highest BCUT2D eigenvalue weighted by molar-refractivity contribution is 7.91. The Bertz CT molecular complexity index is 876. The van der Waals surface area contributed by atoms with Gasteiger partial charge >= 0.3 is 0 Å². The van der Waals surface area contributed by atoms with Gasteiger partial charge in [-0.25, -0.2) is 8.42 Å². The molecule has 0 spiro atoms. The molecule has 7 heteroatoms. The molecule has 152 valence electrons. The molecular weight excluding hydrogens is 376 g/mol. The largest absolute Gasteiger partial charge is 0.497 e. The lowest BCUT2D eigenvalue weighted by Gasteiger charge is -2.20. The van der Waals surface area contributed by atoms with Crippen LogP contribution < -0.4 is 15.0 Å². The van der Waals surface area contributed by atoms with Crippen LogP contribution in [0.2, 0.25) is 0 Å². The summed E-state index contributed by atoms with van der Waals surface area (Å²) in [7, 11) is 1.67. The van der Waals surface area contributed by atoms with E-state index in [0.717, 1.165) is 5.69 Å². The number of nitrogens with zero attached hydrogens (tertiary/aromatic N) is 1. The molecule has 0 saturated carbocycles. The van der Waals surface area contributed by atoms with Gasteiger partial charge in [0, 0.05) is 32.7 Å². The van der Waals surface area contributed by atoms with Gasteiger partial charge in [0.1, 0.15) is 11.0 Å². The van der Waals surface area contributed by atoms with Crippen LogP contribution in [0.4, 0.5) is 5.69 Å². The van der Waals surface area contributed by atoms with E-state index in [-0.39, 0.29) is 17.3 Å². The Morgan fingerprint density at radius 2 is 1.68 bits per heavy atom. The summed E-state index contributed by atoms with van der Waals surface area (Å²) in [5.74, 6) is 0.435. The quantitative estimate of drug-likeness (QED) is 0.695. The van der Waals surface area contributed by atoms with Gasteiger partial charge in [-0.05, 0) is 48.4 Å². The van der Waals surface area contributed by atoms with Crippen LogP contribution in [0.15, 0.2) is 53.4 Å². The SMILES string of the molecule is CCCC(=O)NC[C@H](c1ccc(N(C)C)cc1)S(=O)(=O)c1ccc(OC)cc1. The monoisotopic (exact) mass is 404 g/mol. The first-order chi connectivity index (χ1) is 13.3. The molecular formula is C21H28N2O4S. The minimum absolute atomic E-state index is 0.0223. The van der Waals surface area contributed by atoms with E-state index < -0.39 is 15.1 Å². The van der Waals surface area contributed by atoms with Gasteiger partial charge in [-0.2, -0.15) is 0 Å². The number of sulfone groups is 1. The van der Waals surface area contributed by atoms with Crippen LogP contribution in [0.5, 0.6) is 5.75 Å². The third kappa shape index (κ3) is 5.25. The lowest BCUT2D eigenvalue weighted by Crippen LogP contribution is -2.31. The number of rotatable bonds is 9. The Balaban J connectivity index is 2.39. The zero-order valence-electron chi connectivity index (χ0n) is 16.8. The topological polar surface area (TPSA) is 75.7 Å². The number of ether oxygens (including phenoxy) is 1. The highest BCUT2D eigenvalue weighted by atomic mass is 32.2. The Kier molecular flexibility index (Phi) is 7.45. The minimum Gasteiger partial charge on any atom is -0.497 e. The van der Waals surface area contributed by atoms with Crippen molar-refractivity contribution < 1.29 is 17.9 Å². The molecule has 0 aliphatic carbocycles. The second kappa shape index (κ2) is 9.59. The van der Waals surface area contributed by atoms with E-state index in [0.29, 0.717) is 24.2 Å². The molecule has 1 N–H and O–H groups in total. The summed E-state index contributed by atoms with van der Waals surface area (Å²) in [6, 6.07) is 13.6. The highest BCUT2D eigenvalue weighted by Crippen LogP contribution is 2.30. The van der Waals surface area contributed by atoms with Crippen molar-refractivity contribution in [2.24, 2.45) is 0 Å². The maximum absolute atomic E-state index is 13.3. The first-order valence-corrected chi connectivity index (χ1v) is 10.8. The highest BCUT2D eigenvalue weighted by Gasteiger charge is 2.29. The van der Waals surface area contributed by atoms with Crippen LogP contribution >= 0.6 is 0 Å². The first-order valence-electron chi connectivity index (χ1n) is 9.21. The fourth-order valence-corrected chi connectivity index (χ4v) is 4.51. The summed E-state index contributed by atoms with van der Waals surface area (Å²) in [6.45, 7) is 1.93. The second-order valence-corrected chi connectivity index (χ2v) is 8.88. The van der Waals surface area contributed by atoms with Gasteiger partial charge in [0.15, 0.2) is 9.84 Å². The third-order valence-electron chi connectivity index (χ3n) is 4.51. The Morgan fingerprint density at radius 3 is 2.18 bits per heavy atom. The lowest BCUT2D eigenvalue weighted by molar-refractivity contribution is -0.121. The molecule has 0 radical (unpaired) electrons. The van der Waals surface area contributed by atoms with Gasteiger partial charge in [0.2, 0.25) is 5.91 Å². The van der Waals surface area contributed by atoms with E-state index in [2.05, 4.69) is 5.32 Å². The van der Waals surface area contributed by atoms with Crippen molar-refractivity contribution >= 4 is 21.4 Å². The van der Waals surface area contributed by atoms with Gasteiger partial charge in [0.05, 0.1) is 12.0 Å². The van der Waals surface area contributed by atoms with Crippen LogP contribution in [0, 0.1) is 0 Å². The molecule has 0 bridgehead atoms. The molecule has 6 nitrogen and oxygen atoms in total. The number of hydrogen-bond donors (Lipinski definition) is 1. The van der Waals surface area contributed by atoms with Crippen LogP contribution in [-0.4, -0.2) is 42.1 Å². The molecule has 0 heterocycles. The number of amides is 1. The van der Waals surface area contributed by atoms with E-state index in [1.165, 1.54) is 19.2 Å². The molecule has 2 aromatic rings. The second-order valence-electron chi connectivity index (χ2n) is 6.75. The van der Waals surface area contributed by atoms with Gasteiger partial charge < -0.3 is 15.0 Å². The summed E-state index contributed by atoms with van der Waals surface area (Å²) in [4.78, 5) is 14.1. The molecule has 0 aliphatic heterocycles. The molecule has 2 aromatic carbocycles. The van der Waals surface area contributed by atoms with Gasteiger partial charge in [0.25, 0.3) is 0 Å². The molecule has 0 aromatic heterocycles. The normalized spacial score (nSPS) is 12.3. The fourth-order valence-electron chi connectivity index (χ4n) is 2.85. The Labute approximate surface area is 167 Å². The molecule has 0 fully saturated rings. The predicted molar refractivity (Wildman–Crippen MR) is 112 cm³/mol. The summed E-state index contributed by atoms with van der Waals surface area (Å²) in [5.41, 5.74) is 1.61. The van der Waals surface area contributed by atoms with Crippen molar-refractivity contribution in [3.8, 4) is 5.75 Å². The summed E-state index contributed by atoms with van der Waals surface area (Å²) < 4.78 is 31.8. The number of benzene rings is 2. The predicted octanol–water partition coefficient (Wildman–Crippen LogP) is 3.19. The first kappa shape index (κ1) is 21.8. The van der Waals surface area contributed by atoms with E-state index in [1.54, 1.807) is 24.3 Å². The molecule has 2 rings (SSSR count). The molecule has 0 unspecified atom stereocenters. The average molecular weight is 405 g/mol. The van der Waals surface area contributed by atoms with Crippen molar-refractivity contribution in [1.29, 1.82) is 0 Å². The smallest absolute Gasteiger partial charge is 0.220 e. The maximum Gasteiger partial charge on any atom is 0.220 e. The Hall–Kier alpha value is -2.54. The fraction of sp³-hybridized carbons (Fsp3) is 0.381. The zero-order valence-corrected chi connectivity index (χ0v) is 17.6. The van der Waals surface area contributed by atoms with E-state index >= 15 is 0 Å². The lowest BCUT2D eigenvalue weighted by atomic mass is 10.1. The maximum atomic E-state index is 13.3. The van der Waals surface area contributed by atoms with Crippen molar-refractivity contribution in [2.75, 3.05) is 32.6 Å². The summed E-state index contributed by atoms with van der Waals surface area (Å²) in [6.07, 6.45) is 1.08. The van der Waals surface area contributed by atoms with Crippen molar-refractivity contribution in [1.82, 2.24) is 5.32 Å². The van der Waals surface area contributed by atoms with Crippen LogP contribution in [0.25, 0.3) is 0 Å². The Morgan fingerprint density at radius 1 is 1.07 bits per heavy atom. The average Bonchev–Trinajstić information content (AvgIpc) is 2.68. The molecule has 1 amide bonds. The van der Waals surface area contributed by atoms with Crippen molar-refractivity contribution in [2.45, 2.75) is 29.9 Å². The number of carbonyl (C=O) groups is 1. The molecule has 28 heavy (non-hydrogen) atoms. The number of nitrogens with one attached hydrogen (secondary N) is 1. The number of carbonyl (C=O) groups excluding carboxylic acids is 1. The van der Waals surface area contributed by atoms with Crippen molar-refractivity contribution in [3.05, 3.63) is 54.1 Å². The van der Waals surface area contributed by atoms with Gasteiger partial charge in [-0.3, -0.25) is 4.79 Å². The van der Waals surface area contributed by atoms with Crippen molar-refractivity contribution in [3.63, 3.8) is 0 Å². The van der Waals surface area contributed by atoms with E-state index in [9.17, 15) is 13.2 Å². The van der Waals surface area contributed by atoms with Crippen LogP contribution in [-0.2, 0) is 14.6 Å². The minimum atomic E-state index is -3.71. The number of methoxy groups -OCH3 is 1. The van der Waals surface area contributed by atoms with Crippen LogP contribution in [0.1, 0.15) is 30.6 Å². The molecule has 1 atom stereocenters. The molecule has 0 aliphatic rings. The van der Waals surface area contributed by atoms with Gasteiger partial charge in [-0.15, -0.1) is 0 Å². The van der Waals surface area contributed by atoms with Crippen LogP contribution in [0.3, 0.4) is 0 Å².